The average molecular weight is 412 g/mol. The lowest BCUT2D eigenvalue weighted by Gasteiger charge is -2.14. The van der Waals surface area contributed by atoms with Crippen molar-refractivity contribution in [2.45, 2.75) is 122 Å². The van der Waals surface area contributed by atoms with Gasteiger partial charge in [-0.15, -0.1) is 0 Å². The highest BCUT2D eigenvalue weighted by molar-refractivity contribution is 5.14. The number of hydrogen-bond donors (Lipinski definition) is 1. The Morgan fingerprint density at radius 1 is 0.700 bits per heavy atom. The van der Waals surface area contributed by atoms with Crippen molar-refractivity contribution in [1.82, 2.24) is 4.98 Å². The number of benzene rings is 1. The Bertz CT molecular complexity index is 590. The van der Waals surface area contributed by atoms with Crippen LogP contribution in [0.15, 0.2) is 49.1 Å². The molecule has 0 saturated carbocycles. The second-order valence-corrected chi connectivity index (χ2v) is 9.12. The van der Waals surface area contributed by atoms with Gasteiger partial charge < -0.3 is 0 Å². The quantitative estimate of drug-likeness (QED) is 0.177. The van der Waals surface area contributed by atoms with Gasteiger partial charge in [0.1, 0.15) is 18.4 Å². The van der Waals surface area contributed by atoms with Crippen LogP contribution in [0.1, 0.15) is 121 Å². The fourth-order valence-corrected chi connectivity index (χ4v) is 4.52. The summed E-state index contributed by atoms with van der Waals surface area (Å²) in [5.41, 5.74) is 1.46. The van der Waals surface area contributed by atoms with Crippen molar-refractivity contribution >= 4 is 0 Å². The van der Waals surface area contributed by atoms with Gasteiger partial charge in [0.15, 0.2) is 0 Å². The lowest BCUT2D eigenvalue weighted by molar-refractivity contribution is -0.723. The Balaban J connectivity index is 1.47. The minimum Gasteiger partial charge on any atom is -0.250 e. The van der Waals surface area contributed by atoms with Gasteiger partial charge in [-0.1, -0.05) is 121 Å². The Hall–Kier alpha value is -1.57. The normalized spacial score (nSPS) is 12.3. The summed E-state index contributed by atoms with van der Waals surface area (Å²) in [4.78, 5) is 3.22. The van der Waals surface area contributed by atoms with Crippen molar-refractivity contribution in [2.75, 3.05) is 0 Å². The number of aryl methyl sites for hydroxylation is 1. The minimum absolute atomic E-state index is 0.619. The first-order valence-electron chi connectivity index (χ1n) is 13.0. The monoisotopic (exact) mass is 411 g/mol. The predicted octanol–water partition coefficient (Wildman–Crippen LogP) is 8.35. The molecule has 0 bridgehead atoms. The number of nitrogens with one attached hydrogen (secondary N) is 1. The van der Waals surface area contributed by atoms with E-state index in [1.54, 1.807) is 0 Å². The van der Waals surface area contributed by atoms with Gasteiger partial charge in [0.25, 0.3) is 0 Å². The van der Waals surface area contributed by atoms with Crippen LogP contribution in [-0.2, 0) is 6.42 Å². The minimum atomic E-state index is 0.619. The molecule has 0 spiro atoms. The number of unbranched alkanes of at least 4 members (excludes halogenated alkanes) is 13. The highest BCUT2D eigenvalue weighted by atomic mass is 15.0. The summed E-state index contributed by atoms with van der Waals surface area (Å²) in [6.07, 6.45) is 30.1. The Labute approximate surface area is 186 Å². The number of nitrogens with zero attached hydrogens (tertiary/aromatic N) is 1. The number of aromatic nitrogens is 2. The van der Waals surface area contributed by atoms with Crippen molar-refractivity contribution < 1.29 is 4.57 Å². The third-order valence-corrected chi connectivity index (χ3v) is 6.49. The van der Waals surface area contributed by atoms with Crippen LogP contribution in [0.5, 0.6) is 0 Å². The van der Waals surface area contributed by atoms with E-state index in [1.807, 2.05) is 6.20 Å². The zero-order chi connectivity index (χ0) is 21.1. The molecule has 0 aliphatic carbocycles. The molecule has 2 rings (SSSR count). The molecular weight excluding hydrogens is 364 g/mol. The number of H-pyrrole nitrogens is 1. The van der Waals surface area contributed by atoms with E-state index < -0.39 is 0 Å². The summed E-state index contributed by atoms with van der Waals surface area (Å²) < 4.78 is 2.38. The molecule has 30 heavy (non-hydrogen) atoms. The van der Waals surface area contributed by atoms with Crippen molar-refractivity contribution in [3.05, 3.63) is 54.6 Å². The molecule has 1 heterocycles. The van der Waals surface area contributed by atoms with Crippen molar-refractivity contribution in [3.8, 4) is 0 Å². The summed E-state index contributed by atoms with van der Waals surface area (Å²) in [5.74, 6) is 0. The zero-order valence-corrected chi connectivity index (χ0v) is 19.7. The van der Waals surface area contributed by atoms with Gasteiger partial charge >= 0.3 is 0 Å². The molecule has 0 radical (unpaired) electrons. The lowest BCUT2D eigenvalue weighted by Crippen LogP contribution is -2.37. The number of imidazole rings is 1. The van der Waals surface area contributed by atoms with E-state index in [9.17, 15) is 0 Å². The molecule has 1 unspecified atom stereocenters. The average Bonchev–Trinajstić information content (AvgIpc) is 3.31. The summed E-state index contributed by atoms with van der Waals surface area (Å²) in [7, 11) is 0. The van der Waals surface area contributed by atoms with Crippen LogP contribution in [0.4, 0.5) is 0 Å². The largest absolute Gasteiger partial charge is 0.250 e. The van der Waals surface area contributed by atoms with Crippen LogP contribution in [0.2, 0.25) is 0 Å². The molecular formula is C28H47N2+. The first-order chi connectivity index (χ1) is 14.9. The molecule has 1 aromatic carbocycles. The van der Waals surface area contributed by atoms with Crippen LogP contribution in [0.3, 0.4) is 0 Å². The predicted molar refractivity (Wildman–Crippen MR) is 130 cm³/mol. The second-order valence-electron chi connectivity index (χ2n) is 9.12. The van der Waals surface area contributed by atoms with Crippen molar-refractivity contribution in [3.63, 3.8) is 0 Å². The fourth-order valence-electron chi connectivity index (χ4n) is 4.52. The summed E-state index contributed by atoms with van der Waals surface area (Å²) in [6.45, 7) is 2.30. The SMILES string of the molecule is CCCCCCCCCCCCCCCCC(CCc1ccccc1)[n+]1cc[nH]c1. The van der Waals surface area contributed by atoms with Gasteiger partial charge in [-0.3, -0.25) is 4.98 Å². The maximum absolute atomic E-state index is 3.22. The van der Waals surface area contributed by atoms with Crippen molar-refractivity contribution in [1.29, 1.82) is 0 Å². The van der Waals surface area contributed by atoms with E-state index in [4.69, 9.17) is 0 Å². The van der Waals surface area contributed by atoms with E-state index in [0.29, 0.717) is 6.04 Å². The smallest absolute Gasteiger partial charge is 0.241 e. The summed E-state index contributed by atoms with van der Waals surface area (Å²) in [6, 6.07) is 11.5. The molecule has 1 aromatic heterocycles. The molecule has 2 nitrogen and oxygen atoms in total. The second kappa shape index (κ2) is 17.1. The molecule has 2 heteroatoms. The van der Waals surface area contributed by atoms with Crippen LogP contribution in [0.25, 0.3) is 0 Å². The van der Waals surface area contributed by atoms with Crippen LogP contribution in [0, 0.1) is 0 Å². The standard InChI is InChI=1S/C28H46N2/c1-2-3-4-5-6-7-8-9-10-11-12-13-14-18-21-28(30-25-24-29-26-30)23-22-27-19-16-15-17-20-27/h15-17,19-20,24-26,28H,2-14,18,21-23H2,1H3/p+1. The molecule has 1 atom stereocenters. The van der Waals surface area contributed by atoms with Gasteiger partial charge in [-0.25, -0.2) is 4.57 Å². The molecule has 0 saturated heterocycles. The Kier molecular flexibility index (Phi) is 14.1. The summed E-state index contributed by atoms with van der Waals surface area (Å²) >= 11 is 0. The summed E-state index contributed by atoms with van der Waals surface area (Å²) in [5, 5.41) is 0. The van der Waals surface area contributed by atoms with Crippen LogP contribution >= 0.6 is 0 Å². The van der Waals surface area contributed by atoms with Crippen molar-refractivity contribution in [2.24, 2.45) is 0 Å². The highest BCUT2D eigenvalue weighted by Gasteiger charge is 2.15. The Morgan fingerprint density at radius 3 is 1.80 bits per heavy atom. The first kappa shape index (κ1) is 24.7. The Morgan fingerprint density at radius 2 is 1.27 bits per heavy atom. The zero-order valence-electron chi connectivity index (χ0n) is 19.7. The van der Waals surface area contributed by atoms with Gasteiger partial charge in [-0.05, 0) is 31.2 Å². The van der Waals surface area contributed by atoms with Crippen LogP contribution in [-0.4, -0.2) is 4.98 Å². The molecule has 1 N–H and O–H groups in total. The molecule has 0 aliphatic rings. The van der Waals surface area contributed by atoms with Gasteiger partial charge in [0.2, 0.25) is 6.33 Å². The maximum Gasteiger partial charge on any atom is 0.241 e. The van der Waals surface area contributed by atoms with Gasteiger partial charge in [-0.2, -0.15) is 0 Å². The third-order valence-electron chi connectivity index (χ3n) is 6.49. The van der Waals surface area contributed by atoms with E-state index in [0.717, 1.165) is 0 Å². The third kappa shape index (κ3) is 11.6. The van der Waals surface area contributed by atoms with E-state index >= 15 is 0 Å². The number of hydrogen-bond acceptors (Lipinski definition) is 0. The van der Waals surface area contributed by atoms with Crippen LogP contribution < -0.4 is 4.57 Å². The van der Waals surface area contributed by atoms with E-state index in [-0.39, 0.29) is 0 Å². The van der Waals surface area contributed by atoms with E-state index in [1.165, 1.54) is 115 Å². The number of aromatic amines is 1. The van der Waals surface area contributed by atoms with E-state index in [2.05, 4.69) is 59.3 Å². The topological polar surface area (TPSA) is 19.7 Å². The highest BCUT2D eigenvalue weighted by Crippen LogP contribution is 2.18. The molecule has 2 aromatic rings. The molecule has 0 aliphatic heterocycles. The number of rotatable bonds is 19. The molecule has 0 amide bonds. The maximum atomic E-state index is 3.22. The fraction of sp³-hybridized carbons (Fsp3) is 0.679. The van der Waals surface area contributed by atoms with Gasteiger partial charge in [0.05, 0.1) is 0 Å². The van der Waals surface area contributed by atoms with Gasteiger partial charge in [0, 0.05) is 0 Å². The lowest BCUT2D eigenvalue weighted by atomic mass is 9.99. The molecule has 168 valence electrons. The first-order valence-corrected chi connectivity index (χ1v) is 13.0. The molecule has 0 fully saturated rings.